The van der Waals surface area contributed by atoms with E-state index in [1.807, 2.05) is 24.3 Å². The van der Waals surface area contributed by atoms with Crippen molar-refractivity contribution in [1.29, 1.82) is 0 Å². The van der Waals surface area contributed by atoms with Crippen LogP contribution in [0.5, 0.6) is 0 Å². The lowest BCUT2D eigenvalue weighted by Crippen LogP contribution is -1.91. The van der Waals surface area contributed by atoms with Crippen molar-refractivity contribution >= 4 is 98.1 Å². The van der Waals surface area contributed by atoms with Crippen molar-refractivity contribution in [2.24, 2.45) is 0 Å². The van der Waals surface area contributed by atoms with E-state index in [1.54, 1.807) is 0 Å². The summed E-state index contributed by atoms with van der Waals surface area (Å²) in [6.07, 6.45) is 0. The van der Waals surface area contributed by atoms with Gasteiger partial charge in [0.15, 0.2) is 0 Å². The van der Waals surface area contributed by atoms with Crippen molar-refractivity contribution < 1.29 is 13.3 Å². The number of hydrogen-bond donors (Lipinski definition) is 0. The van der Waals surface area contributed by atoms with Crippen molar-refractivity contribution in [2.75, 3.05) is 0 Å². The van der Waals surface area contributed by atoms with Crippen LogP contribution in [0.1, 0.15) is 0 Å². The fraction of sp³-hybridized carbons (Fsp3) is 0. The number of hydrogen-bond acceptors (Lipinski definition) is 3. The van der Waals surface area contributed by atoms with Crippen LogP contribution in [-0.2, 0) is 0 Å². The Bertz CT molecular complexity index is 3760. The molecule has 0 amide bonds. The molecule has 0 aliphatic heterocycles. The summed E-state index contributed by atoms with van der Waals surface area (Å²) in [7, 11) is 0. The molecule has 0 N–H and O–H groups in total. The van der Waals surface area contributed by atoms with Crippen LogP contribution < -0.4 is 0 Å². The monoisotopic (exact) mass is 726 g/mol. The van der Waals surface area contributed by atoms with Gasteiger partial charge in [0, 0.05) is 32.5 Å². The van der Waals surface area contributed by atoms with Gasteiger partial charge in [0.2, 0.25) is 0 Å². The molecular formula is C54H30O3. The van der Waals surface area contributed by atoms with Crippen LogP contribution in [0, 0.1) is 0 Å². The maximum absolute atomic E-state index is 6.66. The lowest BCUT2D eigenvalue weighted by molar-refractivity contribution is 0.663. The molecule has 0 spiro atoms. The third-order valence-electron chi connectivity index (χ3n) is 12.0. The molecular weight excluding hydrogens is 697 g/mol. The largest absolute Gasteiger partial charge is 0.456 e. The van der Waals surface area contributed by atoms with Crippen LogP contribution in [-0.4, -0.2) is 0 Å². The Morgan fingerprint density at radius 1 is 0.263 bits per heavy atom. The molecule has 0 aliphatic rings. The highest BCUT2D eigenvalue weighted by Crippen LogP contribution is 2.47. The van der Waals surface area contributed by atoms with E-state index in [0.717, 1.165) is 82.5 Å². The van der Waals surface area contributed by atoms with Crippen molar-refractivity contribution in [3.05, 3.63) is 182 Å². The first-order chi connectivity index (χ1) is 28.2. The molecule has 0 fully saturated rings. The van der Waals surface area contributed by atoms with Crippen molar-refractivity contribution in [3.8, 4) is 33.4 Å². The van der Waals surface area contributed by atoms with Crippen LogP contribution in [0.25, 0.3) is 132 Å². The lowest BCUT2D eigenvalue weighted by atomic mass is 9.85. The molecule has 0 saturated heterocycles. The number of para-hydroxylation sites is 2. The number of furan rings is 3. The van der Waals surface area contributed by atoms with Crippen molar-refractivity contribution in [3.63, 3.8) is 0 Å². The molecule has 0 bridgehead atoms. The lowest BCUT2D eigenvalue weighted by Gasteiger charge is -2.18. The van der Waals surface area contributed by atoms with Crippen LogP contribution in [0.4, 0.5) is 0 Å². The smallest absolute Gasteiger partial charge is 0.147 e. The first-order valence-corrected chi connectivity index (χ1v) is 19.4. The average Bonchev–Trinajstić information content (AvgIpc) is 3.96. The molecule has 13 aromatic rings. The zero-order valence-electron chi connectivity index (χ0n) is 30.5. The highest BCUT2D eigenvalue weighted by atomic mass is 16.3. The van der Waals surface area contributed by atoms with Gasteiger partial charge >= 0.3 is 0 Å². The second kappa shape index (κ2) is 11.5. The van der Waals surface area contributed by atoms with E-state index < -0.39 is 0 Å². The normalized spacial score (nSPS) is 12.2. The van der Waals surface area contributed by atoms with Gasteiger partial charge in [-0.25, -0.2) is 0 Å². The van der Waals surface area contributed by atoms with Gasteiger partial charge in [-0.3, -0.25) is 0 Å². The Labute approximate surface area is 325 Å². The van der Waals surface area contributed by atoms with Gasteiger partial charge in [-0.2, -0.15) is 0 Å². The minimum Gasteiger partial charge on any atom is -0.456 e. The van der Waals surface area contributed by atoms with E-state index in [1.165, 1.54) is 49.0 Å². The zero-order chi connectivity index (χ0) is 37.2. The molecule has 0 atom stereocenters. The minimum atomic E-state index is 0.819. The minimum absolute atomic E-state index is 0.819. The SMILES string of the molecule is c1ccc2cc(-c3c4ccccc4c(-c4ccc5oc6ccc(-c7cc8c9ccccc9oc8c8c7oc7ccccc78)cc6c5c4)c4ccccc34)ccc2c1. The summed E-state index contributed by atoms with van der Waals surface area (Å²) in [5.41, 5.74) is 12.0. The molecule has 0 saturated carbocycles. The van der Waals surface area contributed by atoms with Gasteiger partial charge in [-0.1, -0.05) is 133 Å². The van der Waals surface area contributed by atoms with Crippen LogP contribution in [0.15, 0.2) is 195 Å². The van der Waals surface area contributed by atoms with Crippen LogP contribution >= 0.6 is 0 Å². The molecule has 13 rings (SSSR count). The van der Waals surface area contributed by atoms with E-state index in [0.29, 0.717) is 0 Å². The molecule has 10 aromatic carbocycles. The molecule has 3 aromatic heterocycles. The molecule has 3 nitrogen and oxygen atoms in total. The number of fused-ring (bicyclic) bond motifs is 13. The number of benzene rings is 10. The van der Waals surface area contributed by atoms with Gasteiger partial charge in [-0.05, 0) is 109 Å². The summed E-state index contributed by atoms with van der Waals surface area (Å²) in [5, 5.41) is 13.7. The Morgan fingerprint density at radius 2 is 0.737 bits per heavy atom. The molecule has 3 heteroatoms. The summed E-state index contributed by atoms with van der Waals surface area (Å²) in [6, 6.07) is 65.0. The second-order valence-corrected chi connectivity index (χ2v) is 15.1. The van der Waals surface area contributed by atoms with Crippen molar-refractivity contribution in [2.45, 2.75) is 0 Å². The number of rotatable bonds is 3. The predicted octanol–water partition coefficient (Wildman–Crippen LogP) is 15.8. The fourth-order valence-corrected chi connectivity index (χ4v) is 9.47. The summed E-state index contributed by atoms with van der Waals surface area (Å²) >= 11 is 0. The standard InChI is InChI=1S/C54H30O3/c1-2-12-32-27-34(22-21-31(32)11-1)50-37-14-3-5-16-39(37)51(40-17-6-4-15-38(40)50)35-24-26-49-44(29-35)43-28-33(23-25-48(43)55-49)42-30-45-36-13-7-9-19-46(36)56-54(45)52-41-18-8-10-20-47(41)57-53(42)52/h1-30H. The Kier molecular flexibility index (Phi) is 6.16. The molecule has 0 aliphatic carbocycles. The summed E-state index contributed by atoms with van der Waals surface area (Å²) in [4.78, 5) is 0. The first kappa shape index (κ1) is 30.7. The van der Waals surface area contributed by atoms with E-state index in [4.69, 9.17) is 13.3 Å². The zero-order valence-corrected chi connectivity index (χ0v) is 30.5. The van der Waals surface area contributed by atoms with E-state index >= 15 is 0 Å². The molecule has 0 unspecified atom stereocenters. The van der Waals surface area contributed by atoms with Gasteiger partial charge in [0.25, 0.3) is 0 Å². The maximum Gasteiger partial charge on any atom is 0.147 e. The summed E-state index contributed by atoms with van der Waals surface area (Å²) < 4.78 is 19.7. The molecule has 3 heterocycles. The molecule has 0 radical (unpaired) electrons. The van der Waals surface area contributed by atoms with Gasteiger partial charge < -0.3 is 13.3 Å². The Balaban J connectivity index is 1.05. The highest BCUT2D eigenvalue weighted by molar-refractivity contribution is 6.26. The van der Waals surface area contributed by atoms with Crippen LogP contribution in [0.2, 0.25) is 0 Å². The topological polar surface area (TPSA) is 39.4 Å². The fourth-order valence-electron chi connectivity index (χ4n) is 9.47. The van der Waals surface area contributed by atoms with Crippen molar-refractivity contribution in [1.82, 2.24) is 0 Å². The Morgan fingerprint density at radius 3 is 1.42 bits per heavy atom. The van der Waals surface area contributed by atoms with E-state index in [9.17, 15) is 0 Å². The Hall–Kier alpha value is -7.62. The quantitative estimate of drug-likeness (QED) is 0.170. The summed E-state index contributed by atoms with van der Waals surface area (Å²) in [5.74, 6) is 0. The second-order valence-electron chi connectivity index (χ2n) is 15.1. The van der Waals surface area contributed by atoms with Gasteiger partial charge in [0.05, 0.1) is 5.39 Å². The van der Waals surface area contributed by atoms with E-state index in [2.05, 4.69) is 158 Å². The van der Waals surface area contributed by atoms with Gasteiger partial charge in [0.1, 0.15) is 33.5 Å². The average molecular weight is 727 g/mol. The predicted molar refractivity (Wildman–Crippen MR) is 237 cm³/mol. The van der Waals surface area contributed by atoms with E-state index in [-0.39, 0.29) is 0 Å². The first-order valence-electron chi connectivity index (χ1n) is 19.4. The molecule has 264 valence electrons. The molecule has 57 heavy (non-hydrogen) atoms. The highest BCUT2D eigenvalue weighted by Gasteiger charge is 2.22. The maximum atomic E-state index is 6.66. The third kappa shape index (κ3) is 4.37. The summed E-state index contributed by atoms with van der Waals surface area (Å²) in [6.45, 7) is 0. The van der Waals surface area contributed by atoms with Gasteiger partial charge in [-0.15, -0.1) is 0 Å². The van der Waals surface area contributed by atoms with Crippen LogP contribution in [0.3, 0.4) is 0 Å². The third-order valence-corrected chi connectivity index (χ3v) is 12.0.